The fraction of sp³-hybridized carbons (Fsp3) is 0.200. The molecule has 6 nitrogen and oxygen atoms in total. The number of nitrogens with one attached hydrogen (secondary N) is 1. The van der Waals surface area contributed by atoms with E-state index >= 15 is 0 Å². The third kappa shape index (κ3) is 6.84. The van der Waals surface area contributed by atoms with E-state index < -0.39 is 18.5 Å². The first-order valence-corrected chi connectivity index (χ1v) is 10.1. The fourth-order valence-electron chi connectivity index (χ4n) is 2.91. The van der Waals surface area contributed by atoms with Crippen molar-refractivity contribution in [2.75, 3.05) is 20.3 Å². The molecule has 0 heterocycles. The molecule has 0 unspecified atom stereocenters. The lowest BCUT2D eigenvalue weighted by molar-refractivity contribution is -0.124. The van der Waals surface area contributed by atoms with Crippen molar-refractivity contribution in [1.82, 2.24) is 5.32 Å². The van der Waals surface area contributed by atoms with Gasteiger partial charge in [0.05, 0.1) is 12.7 Å². The summed E-state index contributed by atoms with van der Waals surface area (Å²) in [5, 5.41) is 2.66. The molecule has 1 amide bonds. The van der Waals surface area contributed by atoms with Crippen LogP contribution in [0.2, 0.25) is 0 Å². The maximum atomic E-state index is 12.9. The number of hydrogen-bond acceptors (Lipinski definition) is 5. The molecule has 0 saturated carbocycles. The number of benzene rings is 3. The highest BCUT2D eigenvalue weighted by Crippen LogP contribution is 2.29. The summed E-state index contributed by atoms with van der Waals surface area (Å²) in [6, 6.07) is 20.4. The van der Waals surface area contributed by atoms with Gasteiger partial charge in [-0.3, -0.25) is 4.79 Å². The summed E-state index contributed by atoms with van der Waals surface area (Å²) in [4.78, 5) is 24.2. The van der Waals surface area contributed by atoms with Gasteiger partial charge in [-0.15, -0.1) is 0 Å². The van der Waals surface area contributed by atoms with E-state index in [0.717, 1.165) is 11.1 Å². The third-order valence-corrected chi connectivity index (χ3v) is 4.62. The average molecular weight is 437 g/mol. The molecule has 0 fully saturated rings. The molecule has 0 radical (unpaired) electrons. The summed E-state index contributed by atoms with van der Waals surface area (Å²) >= 11 is 0. The maximum Gasteiger partial charge on any atom is 0.338 e. The Labute approximate surface area is 185 Å². The van der Waals surface area contributed by atoms with Crippen LogP contribution in [-0.2, 0) is 22.6 Å². The Kier molecular flexibility index (Phi) is 8.20. The Hall–Kier alpha value is -3.87. The first kappa shape index (κ1) is 22.8. The van der Waals surface area contributed by atoms with E-state index in [2.05, 4.69) is 5.32 Å². The highest BCUT2D eigenvalue weighted by atomic mass is 19.1. The van der Waals surface area contributed by atoms with E-state index in [-0.39, 0.29) is 11.4 Å². The lowest BCUT2D eigenvalue weighted by Gasteiger charge is -2.12. The molecule has 0 aliphatic heterocycles. The molecule has 0 spiro atoms. The SMILES string of the molecule is COc1cc(C(=O)OCC(=O)NCCc2ccc(F)cc2)ccc1OCc1ccccc1. The molecule has 3 aromatic rings. The van der Waals surface area contributed by atoms with Gasteiger partial charge < -0.3 is 19.5 Å². The number of methoxy groups -OCH3 is 1. The largest absolute Gasteiger partial charge is 0.493 e. The highest BCUT2D eigenvalue weighted by molar-refractivity contribution is 5.92. The van der Waals surface area contributed by atoms with Crippen molar-refractivity contribution in [2.45, 2.75) is 13.0 Å². The Morgan fingerprint density at radius 3 is 2.38 bits per heavy atom. The zero-order valence-electron chi connectivity index (χ0n) is 17.7. The molecule has 1 N–H and O–H groups in total. The summed E-state index contributed by atoms with van der Waals surface area (Å²) in [6.07, 6.45) is 0.543. The predicted octanol–water partition coefficient (Wildman–Crippen LogP) is 3.93. The van der Waals surface area contributed by atoms with Crippen LogP contribution in [0.15, 0.2) is 72.8 Å². The standard InChI is InChI=1S/C25H24FNO5/c1-30-23-15-20(9-12-22(23)31-16-19-5-3-2-4-6-19)25(29)32-17-24(28)27-14-13-18-7-10-21(26)11-8-18/h2-12,15H,13-14,16-17H2,1H3,(H,27,28). The number of carbonyl (C=O) groups excluding carboxylic acids is 2. The second-order valence-electron chi connectivity index (χ2n) is 6.94. The van der Waals surface area contributed by atoms with Gasteiger partial charge in [0.1, 0.15) is 12.4 Å². The molecule has 32 heavy (non-hydrogen) atoms. The van der Waals surface area contributed by atoms with E-state index in [4.69, 9.17) is 14.2 Å². The Balaban J connectivity index is 1.46. The molecular formula is C25H24FNO5. The molecule has 0 bridgehead atoms. The zero-order chi connectivity index (χ0) is 22.8. The van der Waals surface area contributed by atoms with Crippen molar-refractivity contribution in [3.63, 3.8) is 0 Å². The lowest BCUT2D eigenvalue weighted by atomic mass is 10.1. The van der Waals surface area contributed by atoms with Crippen molar-refractivity contribution in [3.05, 3.63) is 95.3 Å². The van der Waals surface area contributed by atoms with Gasteiger partial charge in [-0.05, 0) is 47.9 Å². The molecule has 3 rings (SSSR count). The van der Waals surface area contributed by atoms with Gasteiger partial charge in [-0.1, -0.05) is 42.5 Å². The first-order valence-electron chi connectivity index (χ1n) is 10.1. The Morgan fingerprint density at radius 2 is 1.66 bits per heavy atom. The van der Waals surface area contributed by atoms with Gasteiger partial charge in [-0.2, -0.15) is 0 Å². The van der Waals surface area contributed by atoms with Crippen molar-refractivity contribution in [2.24, 2.45) is 0 Å². The van der Waals surface area contributed by atoms with Crippen molar-refractivity contribution in [3.8, 4) is 11.5 Å². The van der Waals surface area contributed by atoms with Gasteiger partial charge in [-0.25, -0.2) is 9.18 Å². The van der Waals surface area contributed by atoms with Crippen LogP contribution in [0.25, 0.3) is 0 Å². The van der Waals surface area contributed by atoms with E-state index in [1.165, 1.54) is 25.3 Å². The summed E-state index contributed by atoms with van der Waals surface area (Å²) < 4.78 is 29.1. The van der Waals surface area contributed by atoms with Crippen LogP contribution in [0, 0.1) is 5.82 Å². The number of amides is 1. The molecular weight excluding hydrogens is 413 g/mol. The van der Waals surface area contributed by atoms with Crippen LogP contribution in [0.3, 0.4) is 0 Å². The highest BCUT2D eigenvalue weighted by Gasteiger charge is 2.14. The number of ether oxygens (including phenoxy) is 3. The topological polar surface area (TPSA) is 73.9 Å². The van der Waals surface area contributed by atoms with E-state index in [1.807, 2.05) is 30.3 Å². The molecule has 0 aliphatic carbocycles. The molecule has 0 saturated heterocycles. The van der Waals surface area contributed by atoms with Gasteiger partial charge in [0.15, 0.2) is 18.1 Å². The minimum absolute atomic E-state index is 0.244. The van der Waals surface area contributed by atoms with Gasteiger partial charge in [0.25, 0.3) is 5.91 Å². The van der Waals surface area contributed by atoms with Crippen molar-refractivity contribution in [1.29, 1.82) is 0 Å². The second-order valence-corrected chi connectivity index (χ2v) is 6.94. The van der Waals surface area contributed by atoms with Crippen LogP contribution in [0.4, 0.5) is 4.39 Å². The number of esters is 1. The van der Waals surface area contributed by atoms with Crippen LogP contribution >= 0.6 is 0 Å². The first-order chi connectivity index (χ1) is 15.5. The minimum atomic E-state index is -0.647. The van der Waals surface area contributed by atoms with Crippen LogP contribution in [-0.4, -0.2) is 32.1 Å². The quantitative estimate of drug-likeness (QED) is 0.487. The van der Waals surface area contributed by atoms with Crippen molar-refractivity contribution >= 4 is 11.9 Å². The van der Waals surface area contributed by atoms with E-state index in [0.29, 0.717) is 31.1 Å². The van der Waals surface area contributed by atoms with E-state index in [1.54, 1.807) is 24.3 Å². The zero-order valence-corrected chi connectivity index (χ0v) is 17.7. The van der Waals surface area contributed by atoms with Crippen molar-refractivity contribution < 1.29 is 28.2 Å². The molecule has 0 atom stereocenters. The van der Waals surface area contributed by atoms with Gasteiger partial charge in [0, 0.05) is 6.54 Å². The molecule has 3 aromatic carbocycles. The predicted molar refractivity (Wildman–Crippen MR) is 117 cm³/mol. The Bertz CT molecular complexity index is 1040. The summed E-state index contributed by atoms with van der Waals surface area (Å²) in [6.45, 7) is 0.305. The smallest absolute Gasteiger partial charge is 0.338 e. The summed E-state index contributed by atoms with van der Waals surface area (Å²) in [5.41, 5.74) is 2.14. The second kappa shape index (κ2) is 11.5. The monoisotopic (exact) mass is 437 g/mol. The van der Waals surface area contributed by atoms with E-state index in [9.17, 15) is 14.0 Å². The van der Waals surface area contributed by atoms with Gasteiger partial charge >= 0.3 is 5.97 Å². The molecule has 7 heteroatoms. The lowest BCUT2D eigenvalue weighted by Crippen LogP contribution is -2.30. The summed E-state index contributed by atoms with van der Waals surface area (Å²) in [5.74, 6) is -0.496. The van der Waals surface area contributed by atoms with Crippen LogP contribution in [0.1, 0.15) is 21.5 Å². The molecule has 166 valence electrons. The number of carbonyl (C=O) groups is 2. The molecule has 0 aromatic heterocycles. The average Bonchev–Trinajstić information content (AvgIpc) is 2.83. The number of rotatable bonds is 10. The number of hydrogen-bond donors (Lipinski definition) is 1. The maximum absolute atomic E-state index is 12.9. The normalized spacial score (nSPS) is 10.3. The molecule has 0 aliphatic rings. The third-order valence-electron chi connectivity index (χ3n) is 4.62. The minimum Gasteiger partial charge on any atom is -0.493 e. The van der Waals surface area contributed by atoms with Crippen LogP contribution in [0.5, 0.6) is 11.5 Å². The number of halogens is 1. The van der Waals surface area contributed by atoms with Crippen LogP contribution < -0.4 is 14.8 Å². The Morgan fingerprint density at radius 1 is 0.906 bits per heavy atom. The summed E-state index contributed by atoms with van der Waals surface area (Å²) in [7, 11) is 1.48. The van der Waals surface area contributed by atoms with Gasteiger partial charge in [0.2, 0.25) is 0 Å². The fourth-order valence-corrected chi connectivity index (χ4v) is 2.91.